The minimum atomic E-state index is -0.972. The second-order valence-corrected chi connectivity index (χ2v) is 9.23. The van der Waals surface area contributed by atoms with E-state index in [1.54, 1.807) is 19.0 Å². The average Bonchev–Trinajstić information content (AvgIpc) is 3.14. The lowest BCUT2D eigenvalue weighted by Gasteiger charge is -2.25. The zero-order valence-corrected chi connectivity index (χ0v) is 20.6. The fraction of sp³-hybridized carbons (Fsp3) is 0.444. The molecule has 1 aliphatic rings. The van der Waals surface area contributed by atoms with E-state index in [1.165, 1.54) is 0 Å². The predicted molar refractivity (Wildman–Crippen MR) is 134 cm³/mol. The number of alkyl carbamates (subject to hydrolysis) is 1. The lowest BCUT2D eigenvalue weighted by atomic mass is 9.98. The number of carbonyl (C=O) groups excluding carboxylic acids is 2. The summed E-state index contributed by atoms with van der Waals surface area (Å²) in [5.41, 5.74) is 4.49. The summed E-state index contributed by atoms with van der Waals surface area (Å²) in [7, 11) is 3.59. The molecule has 0 fully saturated rings. The lowest BCUT2D eigenvalue weighted by Crippen LogP contribution is -2.54. The van der Waals surface area contributed by atoms with Gasteiger partial charge < -0.3 is 25.4 Å². The van der Waals surface area contributed by atoms with E-state index in [-0.39, 0.29) is 25.5 Å². The molecule has 0 spiro atoms. The summed E-state index contributed by atoms with van der Waals surface area (Å²) in [5, 5.41) is 14.7. The topological polar surface area (TPSA) is 108 Å². The number of unbranched alkanes of at least 4 members (excludes halogenated alkanes) is 1. The molecule has 0 unspecified atom stereocenters. The first kappa shape index (κ1) is 26.2. The van der Waals surface area contributed by atoms with Crippen LogP contribution in [0.5, 0.6) is 0 Å². The molecule has 0 aromatic heterocycles. The van der Waals surface area contributed by atoms with Crippen LogP contribution in [-0.4, -0.2) is 67.3 Å². The van der Waals surface area contributed by atoms with Crippen LogP contribution in [0, 0.1) is 0 Å². The van der Waals surface area contributed by atoms with E-state index in [9.17, 15) is 19.5 Å². The van der Waals surface area contributed by atoms with Gasteiger partial charge >= 0.3 is 12.1 Å². The summed E-state index contributed by atoms with van der Waals surface area (Å²) < 4.78 is 5.59. The summed E-state index contributed by atoms with van der Waals surface area (Å²) in [6.45, 7) is 2.41. The van der Waals surface area contributed by atoms with Crippen molar-refractivity contribution in [3.63, 3.8) is 0 Å². The Balaban J connectivity index is 1.64. The molecule has 2 aromatic rings. The largest absolute Gasteiger partial charge is 0.481 e. The summed E-state index contributed by atoms with van der Waals surface area (Å²) in [6, 6.07) is 14.8. The van der Waals surface area contributed by atoms with Gasteiger partial charge in [0.1, 0.15) is 12.6 Å². The Kier molecular flexibility index (Phi) is 9.25. The summed E-state index contributed by atoms with van der Waals surface area (Å²) in [4.78, 5) is 38.7. The van der Waals surface area contributed by atoms with Crippen LogP contribution in [0.3, 0.4) is 0 Å². The van der Waals surface area contributed by atoms with Gasteiger partial charge in [0.25, 0.3) is 0 Å². The number of hydrogen-bond acceptors (Lipinski definition) is 5. The fourth-order valence-corrected chi connectivity index (χ4v) is 4.53. The number of ether oxygens (including phenoxy) is 1. The summed E-state index contributed by atoms with van der Waals surface area (Å²) in [6.07, 6.45) is 1.42. The van der Waals surface area contributed by atoms with Gasteiger partial charge in [0.05, 0.1) is 6.42 Å². The normalized spacial score (nSPS) is 14.1. The number of nitrogens with one attached hydrogen (secondary N) is 2. The number of carboxylic acid groups (broad SMARTS) is 1. The highest BCUT2D eigenvalue weighted by atomic mass is 16.5. The zero-order chi connectivity index (χ0) is 25.4. The summed E-state index contributed by atoms with van der Waals surface area (Å²) in [5.74, 6) is -1.47. The van der Waals surface area contributed by atoms with Gasteiger partial charge in [-0.25, -0.2) is 4.79 Å². The van der Waals surface area contributed by atoms with Crippen molar-refractivity contribution in [1.82, 2.24) is 15.5 Å². The molecule has 2 aromatic carbocycles. The SMILES string of the molecule is CCCC[C@H](CC(=O)O)NC(=O)[C@H](CN(C)C)NC(=O)OCC1c2ccccc2-c2ccccc21. The van der Waals surface area contributed by atoms with Gasteiger partial charge in [-0.3, -0.25) is 9.59 Å². The molecule has 8 heteroatoms. The van der Waals surface area contributed by atoms with Crippen LogP contribution in [0.1, 0.15) is 49.7 Å². The maximum absolute atomic E-state index is 13.0. The van der Waals surface area contributed by atoms with Crippen LogP contribution >= 0.6 is 0 Å². The third-order valence-corrected chi connectivity index (χ3v) is 6.17. The first-order valence-corrected chi connectivity index (χ1v) is 12.1. The third kappa shape index (κ3) is 7.05. The number of fused-ring (bicyclic) bond motifs is 3. The van der Waals surface area contributed by atoms with Gasteiger partial charge in [-0.05, 0) is 42.8 Å². The van der Waals surface area contributed by atoms with Gasteiger partial charge in [0, 0.05) is 18.5 Å². The van der Waals surface area contributed by atoms with Crippen molar-refractivity contribution < 1.29 is 24.2 Å². The number of likely N-dealkylation sites (N-methyl/N-ethyl adjacent to an activating group) is 1. The highest BCUT2D eigenvalue weighted by Crippen LogP contribution is 2.44. The van der Waals surface area contributed by atoms with E-state index < -0.39 is 30.1 Å². The summed E-state index contributed by atoms with van der Waals surface area (Å²) >= 11 is 0. The van der Waals surface area contributed by atoms with Gasteiger partial charge in [-0.15, -0.1) is 0 Å². The quantitative estimate of drug-likeness (QED) is 0.428. The number of hydrogen-bond donors (Lipinski definition) is 3. The number of rotatable bonds is 12. The molecule has 0 saturated heterocycles. The number of nitrogens with zero attached hydrogens (tertiary/aromatic N) is 1. The molecule has 0 aliphatic heterocycles. The van der Waals surface area contributed by atoms with Crippen LogP contribution in [0.2, 0.25) is 0 Å². The molecule has 2 atom stereocenters. The number of benzene rings is 2. The van der Waals surface area contributed by atoms with E-state index in [2.05, 4.69) is 22.8 Å². The fourth-order valence-electron chi connectivity index (χ4n) is 4.53. The molecule has 0 radical (unpaired) electrons. The van der Waals surface area contributed by atoms with Gasteiger partial charge in [0.2, 0.25) is 5.91 Å². The monoisotopic (exact) mass is 481 g/mol. The molecule has 0 saturated carbocycles. The molecule has 0 bridgehead atoms. The molecule has 3 rings (SSSR count). The molecule has 3 N–H and O–H groups in total. The molecular weight excluding hydrogens is 446 g/mol. The van der Waals surface area contributed by atoms with Crippen LogP contribution in [0.4, 0.5) is 4.79 Å². The van der Waals surface area contributed by atoms with Crippen molar-refractivity contribution in [1.29, 1.82) is 0 Å². The second-order valence-electron chi connectivity index (χ2n) is 9.23. The zero-order valence-electron chi connectivity index (χ0n) is 20.6. The molecular formula is C27H35N3O5. The third-order valence-electron chi connectivity index (χ3n) is 6.17. The maximum Gasteiger partial charge on any atom is 0.407 e. The van der Waals surface area contributed by atoms with E-state index in [4.69, 9.17) is 4.74 Å². The second kappa shape index (κ2) is 12.4. The van der Waals surface area contributed by atoms with E-state index in [0.717, 1.165) is 35.1 Å². The van der Waals surface area contributed by atoms with Crippen LogP contribution in [-0.2, 0) is 14.3 Å². The minimum absolute atomic E-state index is 0.0803. The number of amides is 2. The van der Waals surface area contributed by atoms with Gasteiger partial charge in [0.15, 0.2) is 0 Å². The van der Waals surface area contributed by atoms with Crippen molar-refractivity contribution in [3.8, 4) is 11.1 Å². The Morgan fingerprint density at radius 2 is 1.60 bits per heavy atom. The van der Waals surface area contributed by atoms with Gasteiger partial charge in [-0.1, -0.05) is 68.3 Å². The van der Waals surface area contributed by atoms with Crippen molar-refractivity contribution in [3.05, 3.63) is 59.7 Å². The Bertz CT molecular complexity index is 993. The van der Waals surface area contributed by atoms with E-state index in [1.807, 2.05) is 43.3 Å². The van der Waals surface area contributed by atoms with Gasteiger partial charge in [-0.2, -0.15) is 0 Å². The number of aliphatic carboxylic acids is 1. The maximum atomic E-state index is 13.0. The standard InChI is InChI=1S/C27H35N3O5/c1-4-5-10-18(15-25(31)32)28-26(33)24(16-30(2)3)29-27(34)35-17-23-21-13-8-6-11-19(21)20-12-7-9-14-22(20)23/h6-9,11-14,18,23-24H,4-5,10,15-17H2,1-3H3,(H,28,33)(H,29,34)(H,31,32)/t18-,24+/m1/s1. The molecule has 1 aliphatic carbocycles. The molecule has 0 heterocycles. The van der Waals surface area contributed by atoms with E-state index >= 15 is 0 Å². The highest BCUT2D eigenvalue weighted by Gasteiger charge is 2.30. The van der Waals surface area contributed by atoms with Crippen LogP contribution in [0.15, 0.2) is 48.5 Å². The first-order chi connectivity index (χ1) is 16.8. The predicted octanol–water partition coefficient (Wildman–Crippen LogP) is 3.61. The lowest BCUT2D eigenvalue weighted by molar-refractivity contribution is -0.137. The molecule has 35 heavy (non-hydrogen) atoms. The Morgan fingerprint density at radius 1 is 1.00 bits per heavy atom. The smallest absolute Gasteiger partial charge is 0.407 e. The minimum Gasteiger partial charge on any atom is -0.481 e. The Hall–Kier alpha value is -3.39. The van der Waals surface area contributed by atoms with E-state index in [0.29, 0.717) is 6.42 Å². The first-order valence-electron chi connectivity index (χ1n) is 12.1. The molecule has 2 amide bonds. The molecule has 188 valence electrons. The van der Waals surface area contributed by atoms with Crippen LogP contribution < -0.4 is 10.6 Å². The van der Waals surface area contributed by atoms with Crippen molar-refractivity contribution in [2.45, 2.75) is 50.6 Å². The van der Waals surface area contributed by atoms with Crippen molar-refractivity contribution in [2.24, 2.45) is 0 Å². The highest BCUT2D eigenvalue weighted by molar-refractivity contribution is 5.86. The van der Waals surface area contributed by atoms with Crippen molar-refractivity contribution in [2.75, 3.05) is 27.2 Å². The number of carboxylic acids is 1. The molecule has 8 nitrogen and oxygen atoms in total. The average molecular weight is 482 g/mol. The number of carbonyl (C=O) groups is 3. The van der Waals surface area contributed by atoms with Crippen molar-refractivity contribution >= 4 is 18.0 Å². The Morgan fingerprint density at radius 3 is 2.14 bits per heavy atom. The Labute approximate surface area is 206 Å². The van der Waals surface area contributed by atoms with Crippen LogP contribution in [0.25, 0.3) is 11.1 Å².